The van der Waals surface area contributed by atoms with Gasteiger partial charge in [0.15, 0.2) is 0 Å². The monoisotopic (exact) mass is 317 g/mol. The van der Waals surface area contributed by atoms with Crippen LogP contribution in [0.3, 0.4) is 0 Å². The van der Waals surface area contributed by atoms with E-state index in [0.717, 1.165) is 31.6 Å². The standard InChI is InChI=1S/C17H19N3O.ClH/c21-17(12-5-7-18-8-6-12)9-15-13-3-1-2-4-14(13)16-10-19-11-20(15)16;/h1-4,10-12,15,18H,5-9H2;1H. The van der Waals surface area contributed by atoms with E-state index < -0.39 is 0 Å². The van der Waals surface area contributed by atoms with E-state index in [1.165, 1.54) is 11.1 Å². The van der Waals surface area contributed by atoms with Crippen molar-refractivity contribution in [2.24, 2.45) is 5.92 Å². The smallest absolute Gasteiger partial charge is 0.138 e. The van der Waals surface area contributed by atoms with Gasteiger partial charge in [0.05, 0.1) is 24.3 Å². The fourth-order valence-electron chi connectivity index (χ4n) is 3.64. The van der Waals surface area contributed by atoms with Crippen molar-refractivity contribution < 1.29 is 4.79 Å². The van der Waals surface area contributed by atoms with Crippen LogP contribution in [0.2, 0.25) is 0 Å². The third kappa shape index (κ3) is 2.46. The molecule has 0 aliphatic carbocycles. The number of aromatic nitrogens is 2. The van der Waals surface area contributed by atoms with Crippen molar-refractivity contribution in [1.82, 2.24) is 14.9 Å². The number of hydrogen-bond donors (Lipinski definition) is 1. The fraction of sp³-hybridized carbons (Fsp3) is 0.412. The Bertz CT molecular complexity index is 676. The first-order valence-corrected chi connectivity index (χ1v) is 7.69. The summed E-state index contributed by atoms with van der Waals surface area (Å²) in [5.74, 6) is 0.629. The number of fused-ring (bicyclic) bond motifs is 3. The van der Waals surface area contributed by atoms with E-state index >= 15 is 0 Å². The minimum atomic E-state index is 0. The number of nitrogens with one attached hydrogen (secondary N) is 1. The molecule has 3 heterocycles. The highest BCUT2D eigenvalue weighted by Gasteiger charge is 2.31. The topological polar surface area (TPSA) is 46.9 Å². The molecule has 1 fully saturated rings. The van der Waals surface area contributed by atoms with Gasteiger partial charge in [-0.1, -0.05) is 24.3 Å². The van der Waals surface area contributed by atoms with Gasteiger partial charge in [0.2, 0.25) is 0 Å². The second kappa shape index (κ2) is 6.23. The molecular weight excluding hydrogens is 298 g/mol. The maximum Gasteiger partial charge on any atom is 0.138 e. The Balaban J connectivity index is 0.00000144. The summed E-state index contributed by atoms with van der Waals surface area (Å²) in [6.07, 6.45) is 6.29. The van der Waals surface area contributed by atoms with E-state index in [1.54, 1.807) is 0 Å². The van der Waals surface area contributed by atoms with Crippen molar-refractivity contribution in [1.29, 1.82) is 0 Å². The van der Waals surface area contributed by atoms with Crippen LogP contribution in [0.5, 0.6) is 0 Å². The van der Waals surface area contributed by atoms with Crippen molar-refractivity contribution in [2.75, 3.05) is 13.1 Å². The Morgan fingerprint density at radius 3 is 2.86 bits per heavy atom. The van der Waals surface area contributed by atoms with Gasteiger partial charge >= 0.3 is 0 Å². The van der Waals surface area contributed by atoms with Crippen LogP contribution in [0.15, 0.2) is 36.8 Å². The Labute approximate surface area is 136 Å². The average molecular weight is 318 g/mol. The summed E-state index contributed by atoms with van der Waals surface area (Å²) in [7, 11) is 0. The normalized spacial score (nSPS) is 20.1. The lowest BCUT2D eigenvalue weighted by atomic mass is 9.88. The molecule has 2 aliphatic rings. The number of benzene rings is 1. The average Bonchev–Trinajstić information content (AvgIpc) is 3.11. The van der Waals surface area contributed by atoms with E-state index in [-0.39, 0.29) is 24.4 Å². The summed E-state index contributed by atoms with van der Waals surface area (Å²) < 4.78 is 2.16. The highest BCUT2D eigenvalue weighted by atomic mass is 35.5. The van der Waals surface area contributed by atoms with Crippen LogP contribution in [0.1, 0.15) is 30.9 Å². The highest BCUT2D eigenvalue weighted by Crippen LogP contribution is 2.41. The number of rotatable bonds is 3. The number of piperidine rings is 1. The largest absolute Gasteiger partial charge is 0.323 e. The van der Waals surface area contributed by atoms with Gasteiger partial charge in [0, 0.05) is 17.9 Å². The first-order valence-electron chi connectivity index (χ1n) is 7.69. The van der Waals surface area contributed by atoms with E-state index in [0.29, 0.717) is 12.2 Å². The third-order valence-electron chi connectivity index (χ3n) is 4.79. The molecule has 116 valence electrons. The quantitative estimate of drug-likeness (QED) is 0.947. The summed E-state index contributed by atoms with van der Waals surface area (Å²) in [6.45, 7) is 1.93. The van der Waals surface area contributed by atoms with Crippen molar-refractivity contribution in [3.8, 4) is 11.3 Å². The zero-order valence-electron chi connectivity index (χ0n) is 12.4. The predicted molar refractivity (Wildman–Crippen MR) is 88.3 cm³/mol. The zero-order valence-corrected chi connectivity index (χ0v) is 13.2. The molecule has 1 N–H and O–H groups in total. The second-order valence-electron chi connectivity index (χ2n) is 5.98. The number of nitrogens with zero attached hydrogens (tertiary/aromatic N) is 2. The molecule has 2 aromatic rings. The molecule has 1 unspecified atom stereocenters. The molecule has 1 aromatic carbocycles. The molecule has 0 radical (unpaired) electrons. The summed E-state index contributed by atoms with van der Waals surface area (Å²) >= 11 is 0. The summed E-state index contributed by atoms with van der Waals surface area (Å²) in [6, 6.07) is 8.50. The molecule has 0 saturated carbocycles. The van der Waals surface area contributed by atoms with Crippen molar-refractivity contribution in [3.63, 3.8) is 0 Å². The molecule has 4 rings (SSSR count). The molecule has 1 saturated heterocycles. The molecule has 0 spiro atoms. The van der Waals surface area contributed by atoms with Crippen LogP contribution in [-0.2, 0) is 4.79 Å². The van der Waals surface area contributed by atoms with Gasteiger partial charge in [-0.05, 0) is 31.5 Å². The van der Waals surface area contributed by atoms with E-state index in [1.807, 2.05) is 18.6 Å². The van der Waals surface area contributed by atoms with Gasteiger partial charge in [-0.15, -0.1) is 12.4 Å². The molecule has 0 amide bonds. The number of carbonyl (C=O) groups is 1. The lowest BCUT2D eigenvalue weighted by Gasteiger charge is -2.23. The molecule has 5 heteroatoms. The first-order chi connectivity index (χ1) is 10.3. The molecule has 1 atom stereocenters. The van der Waals surface area contributed by atoms with Crippen LogP contribution in [-0.4, -0.2) is 28.4 Å². The Morgan fingerprint density at radius 1 is 1.27 bits per heavy atom. The molecule has 2 aliphatic heterocycles. The van der Waals surface area contributed by atoms with E-state index in [4.69, 9.17) is 0 Å². The maximum absolute atomic E-state index is 12.6. The number of Topliss-reactive ketones (excluding diaryl/α,β-unsaturated/α-hetero) is 1. The minimum absolute atomic E-state index is 0. The summed E-state index contributed by atoms with van der Waals surface area (Å²) in [5, 5.41) is 3.32. The van der Waals surface area contributed by atoms with Crippen molar-refractivity contribution in [3.05, 3.63) is 42.4 Å². The van der Waals surface area contributed by atoms with Gasteiger partial charge in [-0.2, -0.15) is 0 Å². The molecule has 4 nitrogen and oxygen atoms in total. The second-order valence-corrected chi connectivity index (χ2v) is 5.98. The van der Waals surface area contributed by atoms with Gasteiger partial charge < -0.3 is 9.88 Å². The molecule has 1 aromatic heterocycles. The lowest BCUT2D eigenvalue weighted by Crippen LogP contribution is -2.32. The summed E-state index contributed by atoms with van der Waals surface area (Å²) in [4.78, 5) is 16.9. The van der Waals surface area contributed by atoms with Crippen molar-refractivity contribution >= 4 is 18.2 Å². The lowest BCUT2D eigenvalue weighted by molar-refractivity contribution is -0.124. The maximum atomic E-state index is 12.6. The number of halogens is 1. The van der Waals surface area contributed by atoms with E-state index in [9.17, 15) is 4.79 Å². The highest BCUT2D eigenvalue weighted by molar-refractivity contribution is 5.85. The SMILES string of the molecule is Cl.O=C(CC1c2ccccc2-c2cncn21)C1CCNCC1. The third-order valence-corrected chi connectivity index (χ3v) is 4.79. The Kier molecular flexibility index (Phi) is 4.32. The van der Waals surface area contributed by atoms with Gasteiger partial charge in [0.1, 0.15) is 5.78 Å². The van der Waals surface area contributed by atoms with Crippen LogP contribution >= 0.6 is 12.4 Å². The minimum Gasteiger partial charge on any atom is -0.323 e. The van der Waals surface area contributed by atoms with Gasteiger partial charge in [0.25, 0.3) is 0 Å². The number of hydrogen-bond acceptors (Lipinski definition) is 3. The van der Waals surface area contributed by atoms with Crippen LogP contribution in [0, 0.1) is 5.92 Å². The number of carbonyl (C=O) groups excluding carboxylic acids is 1. The van der Waals surface area contributed by atoms with Crippen LogP contribution in [0.25, 0.3) is 11.3 Å². The van der Waals surface area contributed by atoms with Gasteiger partial charge in [-0.25, -0.2) is 4.98 Å². The fourth-order valence-corrected chi connectivity index (χ4v) is 3.64. The predicted octanol–water partition coefficient (Wildman–Crippen LogP) is 2.83. The van der Waals surface area contributed by atoms with E-state index in [2.05, 4.69) is 33.1 Å². The Hall–Kier alpha value is -1.65. The van der Waals surface area contributed by atoms with Crippen LogP contribution < -0.4 is 5.32 Å². The number of ketones is 1. The van der Waals surface area contributed by atoms with Gasteiger partial charge in [-0.3, -0.25) is 4.79 Å². The molecule has 0 bridgehead atoms. The first kappa shape index (κ1) is 15.3. The zero-order chi connectivity index (χ0) is 14.2. The molecular formula is C17H20ClN3O. The van der Waals surface area contributed by atoms with Crippen molar-refractivity contribution in [2.45, 2.75) is 25.3 Å². The number of imidazole rings is 1. The summed E-state index contributed by atoms with van der Waals surface area (Å²) in [5.41, 5.74) is 3.61. The Morgan fingerprint density at radius 2 is 2.05 bits per heavy atom. The van der Waals surface area contributed by atoms with Crippen LogP contribution in [0.4, 0.5) is 0 Å². The molecule has 22 heavy (non-hydrogen) atoms.